The lowest BCUT2D eigenvalue weighted by Gasteiger charge is -2.42. The van der Waals surface area contributed by atoms with Crippen LogP contribution in [0.1, 0.15) is 39.2 Å². The van der Waals surface area contributed by atoms with Gasteiger partial charge in [-0.2, -0.15) is 0 Å². The van der Waals surface area contributed by atoms with Crippen molar-refractivity contribution >= 4 is 6.09 Å². The molecule has 1 heterocycles. The van der Waals surface area contributed by atoms with E-state index in [9.17, 15) is 9.90 Å². The smallest absolute Gasteiger partial charge is 0.410 e. The number of nitrogens with zero attached hydrogens (tertiary/aromatic N) is 1. The van der Waals surface area contributed by atoms with E-state index in [2.05, 4.69) is 0 Å². The predicted molar refractivity (Wildman–Crippen MR) is 89.9 cm³/mol. The van der Waals surface area contributed by atoms with Gasteiger partial charge in [0.15, 0.2) is 0 Å². The highest BCUT2D eigenvalue weighted by Gasteiger charge is 2.41. The van der Waals surface area contributed by atoms with E-state index in [1.54, 1.807) is 4.90 Å². The van der Waals surface area contributed by atoms with E-state index in [1.165, 1.54) is 0 Å². The van der Waals surface area contributed by atoms with Gasteiger partial charge < -0.3 is 20.5 Å². The van der Waals surface area contributed by atoms with Gasteiger partial charge in [-0.15, -0.1) is 0 Å². The summed E-state index contributed by atoms with van der Waals surface area (Å²) in [6.45, 7) is 6.80. The summed E-state index contributed by atoms with van der Waals surface area (Å²) in [6.07, 6.45) is 1.34. The molecule has 1 fully saturated rings. The highest BCUT2D eigenvalue weighted by molar-refractivity contribution is 5.68. The Labute approximate surface area is 138 Å². The lowest BCUT2D eigenvalue weighted by molar-refractivity contribution is -0.0502. The van der Waals surface area contributed by atoms with Gasteiger partial charge in [-0.1, -0.05) is 30.3 Å². The largest absolute Gasteiger partial charge is 0.444 e. The molecule has 2 rings (SSSR count). The van der Waals surface area contributed by atoms with Gasteiger partial charge in [0, 0.05) is 25.6 Å². The summed E-state index contributed by atoms with van der Waals surface area (Å²) in [7, 11) is 0. The molecule has 1 aliphatic heterocycles. The standard InChI is InChI=1S/C18H28N2O3/c1-17(2,3)23-16(21)20-11-7-10-15(12-20)18(22,13-19)14-8-5-4-6-9-14/h4-6,8-9,15,22H,7,10-13,19H2,1-3H3. The maximum Gasteiger partial charge on any atom is 0.410 e. The van der Waals surface area contributed by atoms with Crippen molar-refractivity contribution in [2.75, 3.05) is 19.6 Å². The minimum absolute atomic E-state index is 0.101. The van der Waals surface area contributed by atoms with Crippen LogP contribution in [0.25, 0.3) is 0 Å². The fraction of sp³-hybridized carbons (Fsp3) is 0.611. The number of ether oxygens (including phenoxy) is 1. The van der Waals surface area contributed by atoms with Crippen molar-refractivity contribution in [3.8, 4) is 0 Å². The second-order valence-corrected chi connectivity index (χ2v) is 7.26. The van der Waals surface area contributed by atoms with Crippen molar-refractivity contribution in [2.45, 2.75) is 44.8 Å². The summed E-state index contributed by atoms with van der Waals surface area (Å²) in [5.41, 5.74) is 5.07. The van der Waals surface area contributed by atoms with E-state index in [1.807, 2.05) is 51.1 Å². The first kappa shape index (κ1) is 17.8. The first-order chi connectivity index (χ1) is 10.8. The summed E-state index contributed by atoms with van der Waals surface area (Å²) in [4.78, 5) is 14.0. The zero-order chi connectivity index (χ0) is 17.1. The summed E-state index contributed by atoms with van der Waals surface area (Å²) < 4.78 is 5.45. The van der Waals surface area contributed by atoms with Crippen LogP contribution in [-0.2, 0) is 10.3 Å². The zero-order valence-electron chi connectivity index (χ0n) is 14.3. The molecule has 1 aromatic carbocycles. The highest BCUT2D eigenvalue weighted by atomic mass is 16.6. The van der Waals surface area contributed by atoms with Gasteiger partial charge in [-0.3, -0.25) is 0 Å². The van der Waals surface area contributed by atoms with Gasteiger partial charge in [0.25, 0.3) is 0 Å². The Hall–Kier alpha value is -1.59. The molecule has 0 radical (unpaired) electrons. The Morgan fingerprint density at radius 1 is 1.35 bits per heavy atom. The fourth-order valence-electron chi connectivity index (χ4n) is 3.11. The molecule has 0 bridgehead atoms. The molecule has 0 aliphatic carbocycles. The van der Waals surface area contributed by atoms with Gasteiger partial charge in [0.05, 0.1) is 0 Å². The summed E-state index contributed by atoms with van der Waals surface area (Å²) in [5.74, 6) is -0.101. The topological polar surface area (TPSA) is 75.8 Å². The summed E-state index contributed by atoms with van der Waals surface area (Å²) in [5, 5.41) is 11.1. The zero-order valence-corrected chi connectivity index (χ0v) is 14.3. The third-order valence-electron chi connectivity index (χ3n) is 4.33. The fourth-order valence-corrected chi connectivity index (χ4v) is 3.11. The van der Waals surface area contributed by atoms with Crippen molar-refractivity contribution in [3.05, 3.63) is 35.9 Å². The number of hydrogen-bond acceptors (Lipinski definition) is 4. The number of hydrogen-bond donors (Lipinski definition) is 2. The first-order valence-electron chi connectivity index (χ1n) is 8.22. The van der Waals surface area contributed by atoms with Crippen molar-refractivity contribution < 1.29 is 14.6 Å². The van der Waals surface area contributed by atoms with Crippen LogP contribution in [0, 0.1) is 5.92 Å². The van der Waals surface area contributed by atoms with Crippen LogP contribution in [-0.4, -0.2) is 41.3 Å². The minimum atomic E-state index is -1.12. The van der Waals surface area contributed by atoms with Crippen molar-refractivity contribution in [3.63, 3.8) is 0 Å². The van der Waals surface area contributed by atoms with Crippen molar-refractivity contribution in [1.82, 2.24) is 4.90 Å². The Balaban J connectivity index is 2.15. The van der Waals surface area contributed by atoms with E-state index in [4.69, 9.17) is 10.5 Å². The van der Waals surface area contributed by atoms with Gasteiger partial charge in [0.1, 0.15) is 11.2 Å². The number of carbonyl (C=O) groups is 1. The van der Waals surface area contributed by atoms with E-state index in [0.29, 0.717) is 13.1 Å². The molecule has 2 atom stereocenters. The molecular weight excluding hydrogens is 292 g/mol. The maximum atomic E-state index is 12.3. The third kappa shape index (κ3) is 4.24. The first-order valence-corrected chi connectivity index (χ1v) is 8.22. The van der Waals surface area contributed by atoms with Gasteiger partial charge >= 0.3 is 6.09 Å². The van der Waals surface area contributed by atoms with Gasteiger partial charge in [-0.25, -0.2) is 4.79 Å². The van der Waals surface area contributed by atoms with Gasteiger partial charge in [0.2, 0.25) is 0 Å². The average Bonchev–Trinajstić information content (AvgIpc) is 2.53. The number of aliphatic hydroxyl groups is 1. The van der Waals surface area contributed by atoms with Crippen LogP contribution in [0.5, 0.6) is 0 Å². The molecule has 1 saturated heterocycles. The van der Waals surface area contributed by atoms with E-state index in [-0.39, 0.29) is 18.6 Å². The minimum Gasteiger partial charge on any atom is -0.444 e. The normalized spacial score (nSPS) is 21.6. The number of benzene rings is 1. The Morgan fingerprint density at radius 2 is 2.00 bits per heavy atom. The van der Waals surface area contributed by atoms with E-state index < -0.39 is 11.2 Å². The second kappa shape index (κ2) is 6.89. The Morgan fingerprint density at radius 3 is 2.57 bits per heavy atom. The predicted octanol–water partition coefficient (Wildman–Crippen LogP) is 2.48. The number of carbonyl (C=O) groups excluding carboxylic acids is 1. The summed E-state index contributed by atoms with van der Waals surface area (Å²) >= 11 is 0. The molecule has 1 amide bonds. The lowest BCUT2D eigenvalue weighted by atomic mass is 9.77. The lowest BCUT2D eigenvalue weighted by Crippen LogP contribution is -2.51. The number of piperidine rings is 1. The van der Waals surface area contributed by atoms with Crippen LogP contribution in [0.4, 0.5) is 4.79 Å². The molecule has 1 aromatic rings. The highest BCUT2D eigenvalue weighted by Crippen LogP contribution is 2.35. The van der Waals surface area contributed by atoms with Crippen LogP contribution in [0.3, 0.4) is 0 Å². The summed E-state index contributed by atoms with van der Waals surface area (Å²) in [6, 6.07) is 9.47. The van der Waals surface area contributed by atoms with E-state index in [0.717, 1.165) is 18.4 Å². The molecular formula is C18H28N2O3. The number of amides is 1. The van der Waals surface area contributed by atoms with Gasteiger partial charge in [-0.05, 0) is 39.2 Å². The van der Waals surface area contributed by atoms with Crippen molar-refractivity contribution in [1.29, 1.82) is 0 Å². The number of rotatable bonds is 3. The molecule has 23 heavy (non-hydrogen) atoms. The SMILES string of the molecule is CC(C)(C)OC(=O)N1CCCC(C(O)(CN)c2ccccc2)C1. The van der Waals surface area contributed by atoms with Crippen LogP contribution in [0.2, 0.25) is 0 Å². The third-order valence-corrected chi connectivity index (χ3v) is 4.33. The molecule has 0 aromatic heterocycles. The maximum absolute atomic E-state index is 12.3. The molecule has 5 nitrogen and oxygen atoms in total. The Bertz CT molecular complexity index is 527. The molecule has 1 aliphatic rings. The molecule has 5 heteroatoms. The molecule has 0 saturated carbocycles. The monoisotopic (exact) mass is 320 g/mol. The second-order valence-electron chi connectivity index (χ2n) is 7.26. The molecule has 2 unspecified atom stereocenters. The molecule has 3 N–H and O–H groups in total. The molecule has 128 valence electrons. The van der Waals surface area contributed by atoms with Crippen LogP contribution in [0.15, 0.2) is 30.3 Å². The number of nitrogens with two attached hydrogens (primary N) is 1. The van der Waals surface area contributed by atoms with Crippen LogP contribution < -0.4 is 5.73 Å². The van der Waals surface area contributed by atoms with Crippen LogP contribution >= 0.6 is 0 Å². The van der Waals surface area contributed by atoms with Crippen molar-refractivity contribution in [2.24, 2.45) is 11.7 Å². The van der Waals surface area contributed by atoms with E-state index >= 15 is 0 Å². The average molecular weight is 320 g/mol. The number of likely N-dealkylation sites (tertiary alicyclic amines) is 1. The molecule has 0 spiro atoms. The quantitative estimate of drug-likeness (QED) is 0.897. The Kier molecular flexibility index (Phi) is 5.32.